The van der Waals surface area contributed by atoms with Crippen molar-refractivity contribution in [3.63, 3.8) is 0 Å². The fourth-order valence-corrected chi connectivity index (χ4v) is 7.30. The molecule has 0 aromatic rings. The molecule has 12 amide bonds. The van der Waals surface area contributed by atoms with Crippen molar-refractivity contribution in [2.75, 3.05) is 66.1 Å². The molecule has 0 aliphatic carbocycles. The zero-order chi connectivity index (χ0) is 69.3. The van der Waals surface area contributed by atoms with Crippen LogP contribution in [0.1, 0.15) is 177 Å². The monoisotopic (exact) mass is 1320 g/mol. The molecule has 6 heterocycles. The Kier molecular flexibility index (Phi) is 40.4. The van der Waals surface area contributed by atoms with Crippen LogP contribution in [0.15, 0.2) is 0 Å². The van der Waals surface area contributed by atoms with Gasteiger partial charge in [-0.2, -0.15) is 0 Å². The summed E-state index contributed by atoms with van der Waals surface area (Å²) in [5, 5.41) is 3.29. The van der Waals surface area contributed by atoms with E-state index in [-0.39, 0.29) is 123 Å². The maximum absolute atomic E-state index is 11.8. The van der Waals surface area contributed by atoms with Gasteiger partial charge in [0, 0.05) is 123 Å². The number of carbonyl (C=O) groups excluding carboxylic acids is 18. The number of nitrogens with zero attached hydrogens (tertiary/aromatic N) is 6. The minimum atomic E-state index is -0.740. The fraction of sp³-hybridized carbons (Fsp3) is 0.684. The summed E-state index contributed by atoms with van der Waals surface area (Å²) >= 11 is 0. The average molecular weight is 1320 g/mol. The van der Waals surface area contributed by atoms with E-state index in [0.717, 1.165) is 6.42 Å². The molecule has 6 aliphatic rings. The quantitative estimate of drug-likeness (QED) is 0.0730. The first-order chi connectivity index (χ1) is 43.8. The summed E-state index contributed by atoms with van der Waals surface area (Å²) < 4.78 is 25.1. The van der Waals surface area contributed by atoms with E-state index in [1.165, 1.54) is 0 Å². The molecular weight excluding hydrogens is 1230 g/mol. The van der Waals surface area contributed by atoms with Crippen molar-refractivity contribution in [2.24, 2.45) is 11.8 Å². The van der Waals surface area contributed by atoms with E-state index in [2.05, 4.69) is 19.4 Å². The molecule has 0 aromatic heterocycles. The molecule has 0 radical (unpaired) electrons. The highest BCUT2D eigenvalue weighted by molar-refractivity contribution is 6.04. The van der Waals surface area contributed by atoms with Crippen LogP contribution in [0, 0.1) is 11.8 Å². The van der Waals surface area contributed by atoms with E-state index in [1.54, 1.807) is 20.8 Å². The van der Waals surface area contributed by atoms with Gasteiger partial charge in [0.15, 0.2) is 0 Å². The van der Waals surface area contributed by atoms with E-state index in [4.69, 9.17) is 33.4 Å². The number of imide groups is 6. The number of amides is 12. The van der Waals surface area contributed by atoms with Crippen molar-refractivity contribution in [3.05, 3.63) is 0 Å². The van der Waals surface area contributed by atoms with Crippen LogP contribution in [0.25, 0.3) is 0 Å². The molecule has 516 valence electrons. The van der Waals surface area contributed by atoms with Crippen molar-refractivity contribution in [2.45, 2.75) is 177 Å². The minimum absolute atomic E-state index is 0.0326. The Hall–Kier alpha value is -8.54. The van der Waals surface area contributed by atoms with Gasteiger partial charge < -0.3 is 52.7 Å². The Balaban J connectivity index is 0.000000554. The number of rotatable bonds is 30. The van der Waals surface area contributed by atoms with Crippen LogP contribution in [0.2, 0.25) is 0 Å². The standard InChI is InChI=1S/C12H19NO5.C11H17NO5.C10H15NO5.C9H13NO5.C8H11NO5.C7H9NO4/c1-3-5-9(8-17-4-2)12(16)18-13-10(14)6-7-11(13)15;1-3-8(7-16-4-2)11(15)17-12-9(13)5-6-10(12)14;1-2-15-7-3-4-10(14)16-11-8(12)5-6-9(11)13;1-2-14-6-5-9(13)15-10-7(11)3-4-8(10)12;1-2-13-5-8(12)14-9-6(10)3-4-7(9)11;1-2-7(11)12-8-5(9)3-4-6(8)10/h9H,3-8H2,1-2H3;8H,3-7H2,1-2H3;2-7H2,1H3;2-6H2,1H3;2-5H2,1H3;2-4H2,1H3. The average Bonchev–Trinajstić information content (AvgIpc) is 3.10. The smallest absolute Gasteiger partial charge is 0.358 e. The highest BCUT2D eigenvalue weighted by Crippen LogP contribution is 2.19. The highest BCUT2D eigenvalue weighted by atomic mass is 16.8. The van der Waals surface area contributed by atoms with Gasteiger partial charge in [-0.1, -0.05) is 27.2 Å². The minimum Gasteiger partial charge on any atom is -0.382 e. The second kappa shape index (κ2) is 45.7. The van der Waals surface area contributed by atoms with E-state index in [0.29, 0.717) is 89.3 Å². The van der Waals surface area contributed by atoms with E-state index < -0.39 is 119 Å². The fourth-order valence-electron chi connectivity index (χ4n) is 7.30. The summed E-state index contributed by atoms with van der Waals surface area (Å²) in [4.78, 5) is 229. The lowest BCUT2D eigenvalue weighted by Crippen LogP contribution is -2.35. The van der Waals surface area contributed by atoms with Gasteiger partial charge in [0.25, 0.3) is 70.9 Å². The third kappa shape index (κ3) is 30.5. The molecule has 6 saturated heterocycles. The molecular formula is C57H84N6O29. The maximum atomic E-state index is 11.8. The topological polar surface area (TPSA) is 428 Å². The molecule has 35 nitrogen and oxygen atoms in total. The van der Waals surface area contributed by atoms with Crippen molar-refractivity contribution < 1.29 is 139 Å². The molecule has 0 N–H and O–H groups in total. The maximum Gasteiger partial charge on any atom is 0.358 e. The molecule has 0 saturated carbocycles. The molecule has 92 heavy (non-hydrogen) atoms. The normalized spacial score (nSPS) is 16.6. The second-order valence-electron chi connectivity index (χ2n) is 19.3. The number of ether oxygens (including phenoxy) is 5. The Labute approximate surface area is 530 Å². The van der Waals surface area contributed by atoms with Gasteiger partial charge in [-0.15, -0.1) is 30.4 Å². The predicted molar refractivity (Wildman–Crippen MR) is 302 cm³/mol. The van der Waals surface area contributed by atoms with E-state index in [1.807, 2.05) is 34.6 Å². The SMILES string of the molecule is CCC(=O)ON1C(=O)CCC1=O.CCCC(COCC)C(=O)ON1C(=O)CCC1=O.CCOCC(=O)ON1C(=O)CCC1=O.CCOCC(CC)C(=O)ON1C(=O)CCC1=O.CCOCCC(=O)ON1C(=O)CCC1=O.CCOCCCC(=O)ON1C(=O)CCC1=O. The van der Waals surface area contributed by atoms with Crippen LogP contribution in [0.4, 0.5) is 0 Å². The summed E-state index contributed by atoms with van der Waals surface area (Å²) in [6.45, 7) is 17.8. The van der Waals surface area contributed by atoms with Gasteiger partial charge in [0.1, 0.15) is 6.61 Å². The van der Waals surface area contributed by atoms with Crippen molar-refractivity contribution in [1.29, 1.82) is 0 Å². The van der Waals surface area contributed by atoms with Crippen LogP contribution in [0.5, 0.6) is 0 Å². The Morgan fingerprint density at radius 3 is 0.924 bits per heavy atom. The van der Waals surface area contributed by atoms with Crippen LogP contribution < -0.4 is 0 Å². The zero-order valence-corrected chi connectivity index (χ0v) is 53.2. The molecule has 6 fully saturated rings. The molecule has 0 aromatic carbocycles. The largest absolute Gasteiger partial charge is 0.382 e. The lowest BCUT2D eigenvalue weighted by molar-refractivity contribution is -0.202. The number of hydrogen-bond donors (Lipinski definition) is 0. The van der Waals surface area contributed by atoms with Crippen LogP contribution >= 0.6 is 0 Å². The van der Waals surface area contributed by atoms with Gasteiger partial charge in [-0.05, 0) is 53.9 Å². The first-order valence-electron chi connectivity index (χ1n) is 30.1. The van der Waals surface area contributed by atoms with Crippen molar-refractivity contribution in [3.8, 4) is 0 Å². The van der Waals surface area contributed by atoms with Gasteiger partial charge >= 0.3 is 35.8 Å². The van der Waals surface area contributed by atoms with E-state index >= 15 is 0 Å². The molecule has 6 aliphatic heterocycles. The second-order valence-corrected chi connectivity index (χ2v) is 19.3. The van der Waals surface area contributed by atoms with Gasteiger partial charge in [-0.25, -0.2) is 28.8 Å². The van der Waals surface area contributed by atoms with Crippen molar-refractivity contribution in [1.82, 2.24) is 30.4 Å². The molecule has 6 rings (SSSR count). The third-order valence-electron chi connectivity index (χ3n) is 12.3. The number of hydrogen-bond acceptors (Lipinski definition) is 29. The highest BCUT2D eigenvalue weighted by Gasteiger charge is 2.38. The Bertz CT molecular complexity index is 2500. The number of carbonyl (C=O) groups is 18. The van der Waals surface area contributed by atoms with Gasteiger partial charge in [0.2, 0.25) is 0 Å². The van der Waals surface area contributed by atoms with Crippen molar-refractivity contribution >= 4 is 107 Å². The first kappa shape index (κ1) is 81.5. The lowest BCUT2D eigenvalue weighted by Gasteiger charge is -2.18. The predicted octanol–water partition coefficient (Wildman–Crippen LogP) is 1.77. The number of hydroxylamine groups is 12. The summed E-state index contributed by atoms with van der Waals surface area (Å²) in [5.41, 5.74) is 0. The molecule has 0 spiro atoms. The van der Waals surface area contributed by atoms with Crippen LogP contribution in [0.3, 0.4) is 0 Å². The third-order valence-corrected chi connectivity index (χ3v) is 12.3. The summed E-state index contributed by atoms with van der Waals surface area (Å²) in [6.07, 6.45) is 4.12. The summed E-state index contributed by atoms with van der Waals surface area (Å²) in [7, 11) is 0. The molecule has 35 heteroatoms. The van der Waals surface area contributed by atoms with Gasteiger partial charge in [-0.3, -0.25) is 57.5 Å². The van der Waals surface area contributed by atoms with Crippen LogP contribution in [-0.2, 0) is 139 Å². The lowest BCUT2D eigenvalue weighted by atomic mass is 10.1. The van der Waals surface area contributed by atoms with E-state index in [9.17, 15) is 86.3 Å². The Morgan fingerprint density at radius 1 is 0.326 bits per heavy atom. The molecule has 0 bridgehead atoms. The Morgan fingerprint density at radius 2 is 0.609 bits per heavy atom. The van der Waals surface area contributed by atoms with Gasteiger partial charge in [0.05, 0.1) is 44.5 Å². The molecule has 2 unspecified atom stereocenters. The van der Waals surface area contributed by atoms with Crippen LogP contribution in [-0.4, -0.2) is 203 Å². The summed E-state index contributed by atoms with van der Waals surface area (Å²) in [6, 6.07) is 0. The first-order valence-corrected chi connectivity index (χ1v) is 30.1. The zero-order valence-electron chi connectivity index (χ0n) is 53.2. The summed E-state index contributed by atoms with van der Waals surface area (Å²) in [5.74, 6) is -10.1. The molecule has 2 atom stereocenters.